The van der Waals surface area contributed by atoms with Crippen LogP contribution in [0.5, 0.6) is 0 Å². The van der Waals surface area contributed by atoms with Crippen LogP contribution in [0.15, 0.2) is 71.8 Å². The number of amides is 3. The minimum Gasteiger partial charge on any atom is -0.395 e. The summed E-state index contributed by atoms with van der Waals surface area (Å²) in [6, 6.07) is 14.9. The van der Waals surface area contributed by atoms with Crippen molar-refractivity contribution in [3.05, 3.63) is 94.3 Å². The summed E-state index contributed by atoms with van der Waals surface area (Å²) < 4.78 is 27.1. The predicted octanol–water partition coefficient (Wildman–Crippen LogP) is 1.55. The molecule has 0 unspecified atom stereocenters. The number of benzene rings is 2. The Hall–Kier alpha value is -3.80. The molecule has 36 heavy (non-hydrogen) atoms. The number of sulfonamides is 1. The minimum absolute atomic E-state index is 0.00453. The number of rotatable bonds is 10. The van der Waals surface area contributed by atoms with E-state index in [4.69, 9.17) is 16.7 Å². The number of carbonyl (C=O) groups excluding carboxylic acids is 3. The van der Waals surface area contributed by atoms with Crippen LogP contribution < -0.4 is 15.4 Å². The van der Waals surface area contributed by atoms with Crippen molar-refractivity contribution in [3.8, 4) is 0 Å². The van der Waals surface area contributed by atoms with Crippen molar-refractivity contribution in [1.29, 1.82) is 0 Å². The Morgan fingerprint density at radius 2 is 1.44 bits per heavy atom. The number of pyridine rings is 1. The maximum Gasteiger partial charge on any atom is 0.269 e. The smallest absolute Gasteiger partial charge is 0.269 e. The van der Waals surface area contributed by atoms with E-state index in [0.717, 1.165) is 11.8 Å². The lowest BCUT2D eigenvalue weighted by Gasteiger charge is -2.09. The molecule has 1 aromatic heterocycles. The zero-order chi connectivity index (χ0) is 26.1. The maximum absolute atomic E-state index is 12.6. The summed E-state index contributed by atoms with van der Waals surface area (Å²) in [6.07, 6.45) is 1.67. The number of halogens is 1. The molecular weight excluding hydrogens is 508 g/mol. The molecule has 0 spiro atoms. The highest BCUT2D eigenvalue weighted by atomic mass is 35.5. The fourth-order valence-corrected chi connectivity index (χ4v) is 4.12. The first-order chi connectivity index (χ1) is 17.2. The molecule has 1 heterocycles. The molecule has 4 N–H and O–H groups in total. The molecule has 0 fully saturated rings. The first-order valence-corrected chi connectivity index (χ1v) is 12.6. The summed E-state index contributed by atoms with van der Waals surface area (Å²) in [5, 5.41) is 14.5. The summed E-state index contributed by atoms with van der Waals surface area (Å²) in [5.74, 6) is -1.85. The van der Waals surface area contributed by atoms with Crippen LogP contribution >= 0.6 is 11.6 Å². The normalized spacial score (nSPS) is 10.9. The summed E-state index contributed by atoms with van der Waals surface area (Å²) >= 11 is 5.85. The van der Waals surface area contributed by atoms with Gasteiger partial charge >= 0.3 is 0 Å². The fourth-order valence-electron chi connectivity index (χ4n) is 3.02. The van der Waals surface area contributed by atoms with Gasteiger partial charge < -0.3 is 15.7 Å². The molecule has 3 amide bonds. The van der Waals surface area contributed by atoms with E-state index >= 15 is 0 Å². The second-order valence-electron chi connectivity index (χ2n) is 7.50. The lowest BCUT2D eigenvalue weighted by molar-refractivity contribution is 0.0934. The second-order valence-corrected chi connectivity index (χ2v) is 9.62. The van der Waals surface area contributed by atoms with Crippen molar-refractivity contribution in [3.63, 3.8) is 0 Å². The summed E-state index contributed by atoms with van der Waals surface area (Å²) in [7, 11) is -4.22. The van der Waals surface area contributed by atoms with Gasteiger partial charge in [0.15, 0.2) is 0 Å². The van der Waals surface area contributed by atoms with Gasteiger partial charge in [0.25, 0.3) is 27.7 Å². The van der Waals surface area contributed by atoms with Crippen LogP contribution in [0.1, 0.15) is 36.8 Å². The molecule has 0 atom stereocenters. The van der Waals surface area contributed by atoms with Gasteiger partial charge in [-0.25, -0.2) is 13.1 Å². The monoisotopic (exact) mass is 530 g/mol. The van der Waals surface area contributed by atoms with Gasteiger partial charge in [0, 0.05) is 29.9 Å². The van der Waals surface area contributed by atoms with E-state index in [2.05, 4.69) is 15.6 Å². The topological polar surface area (TPSA) is 155 Å². The molecule has 3 aromatic rings. The van der Waals surface area contributed by atoms with E-state index in [1.54, 1.807) is 12.1 Å². The number of nitrogens with one attached hydrogen (secondary N) is 3. The van der Waals surface area contributed by atoms with Crippen molar-refractivity contribution in [2.24, 2.45) is 0 Å². The Kier molecular flexibility index (Phi) is 9.12. The Balaban J connectivity index is 1.56. The van der Waals surface area contributed by atoms with Crippen LogP contribution in [0.2, 0.25) is 5.02 Å². The van der Waals surface area contributed by atoms with Crippen molar-refractivity contribution in [2.45, 2.75) is 11.3 Å². The van der Waals surface area contributed by atoms with Crippen molar-refractivity contribution >= 4 is 39.3 Å². The summed E-state index contributed by atoms with van der Waals surface area (Å²) in [5.41, 5.74) is 1.20. The minimum atomic E-state index is -4.22. The molecule has 10 nitrogen and oxygen atoms in total. The second kappa shape index (κ2) is 12.2. The Labute approximate surface area is 212 Å². The molecule has 3 rings (SSSR count). The Morgan fingerprint density at radius 3 is 2.06 bits per heavy atom. The standard InChI is InChI=1S/C24H23ClN4O6S/c25-19-6-1-16(2-7-19)11-12-26-22(31)17-3-8-20(9-4-17)36(34,35)29-23(32)18-5-10-21(28-15-18)24(33)27-13-14-30/h1-10,15,30H,11-14H2,(H,26,31)(H,27,33)(H,29,32). The van der Waals surface area contributed by atoms with Gasteiger partial charge in [-0.1, -0.05) is 23.7 Å². The number of aliphatic hydroxyl groups excluding tert-OH is 1. The van der Waals surface area contributed by atoms with Crippen LogP contribution in [0, 0.1) is 0 Å². The zero-order valence-electron chi connectivity index (χ0n) is 18.9. The largest absolute Gasteiger partial charge is 0.395 e. The van der Waals surface area contributed by atoms with Gasteiger partial charge in [-0.2, -0.15) is 0 Å². The molecule has 0 saturated heterocycles. The van der Waals surface area contributed by atoms with Crippen LogP contribution in [-0.4, -0.2) is 55.9 Å². The first kappa shape index (κ1) is 26.8. The predicted molar refractivity (Wildman–Crippen MR) is 132 cm³/mol. The van der Waals surface area contributed by atoms with E-state index < -0.39 is 21.8 Å². The highest BCUT2D eigenvalue weighted by molar-refractivity contribution is 7.90. The molecule has 0 saturated carbocycles. The molecule has 0 aliphatic heterocycles. The number of hydrogen-bond donors (Lipinski definition) is 4. The Bertz CT molecular complexity index is 1330. The lowest BCUT2D eigenvalue weighted by atomic mass is 10.1. The Morgan fingerprint density at radius 1 is 0.806 bits per heavy atom. The zero-order valence-corrected chi connectivity index (χ0v) is 20.5. The lowest BCUT2D eigenvalue weighted by Crippen LogP contribution is -2.31. The molecule has 0 aliphatic rings. The molecule has 2 aromatic carbocycles. The average molecular weight is 531 g/mol. The molecular formula is C24H23ClN4O6S. The third kappa shape index (κ3) is 7.35. The summed E-state index contributed by atoms with van der Waals surface area (Å²) in [4.78, 5) is 40.1. The first-order valence-electron chi connectivity index (χ1n) is 10.7. The number of nitrogens with zero attached hydrogens (tertiary/aromatic N) is 1. The van der Waals surface area contributed by atoms with Gasteiger partial charge in [-0.3, -0.25) is 19.4 Å². The van der Waals surface area contributed by atoms with Crippen molar-refractivity contribution in [2.75, 3.05) is 19.7 Å². The SMILES string of the molecule is O=C(NCCc1ccc(Cl)cc1)c1ccc(S(=O)(=O)NC(=O)c2ccc(C(=O)NCCO)nc2)cc1. The van der Waals surface area contributed by atoms with E-state index in [1.807, 2.05) is 16.9 Å². The van der Waals surface area contributed by atoms with Gasteiger partial charge in [-0.15, -0.1) is 0 Å². The quantitative estimate of drug-likeness (QED) is 0.310. The van der Waals surface area contributed by atoms with E-state index in [9.17, 15) is 22.8 Å². The third-order valence-corrected chi connectivity index (χ3v) is 6.52. The van der Waals surface area contributed by atoms with Gasteiger partial charge in [0.05, 0.1) is 17.1 Å². The van der Waals surface area contributed by atoms with Gasteiger partial charge in [0.2, 0.25) is 0 Å². The fraction of sp³-hybridized carbons (Fsp3) is 0.167. The van der Waals surface area contributed by atoms with E-state index in [0.29, 0.717) is 18.0 Å². The van der Waals surface area contributed by atoms with Crippen molar-refractivity contribution < 1.29 is 27.9 Å². The molecule has 0 radical (unpaired) electrons. The van der Waals surface area contributed by atoms with Crippen LogP contribution in [-0.2, 0) is 16.4 Å². The maximum atomic E-state index is 12.6. The number of hydrogen-bond acceptors (Lipinski definition) is 7. The number of carbonyl (C=O) groups is 3. The summed E-state index contributed by atoms with van der Waals surface area (Å²) in [6.45, 7) is 0.192. The molecule has 0 aliphatic carbocycles. The highest BCUT2D eigenvalue weighted by Crippen LogP contribution is 2.13. The average Bonchev–Trinajstić information content (AvgIpc) is 2.88. The van der Waals surface area contributed by atoms with Gasteiger partial charge in [-0.05, 0) is 60.5 Å². The van der Waals surface area contributed by atoms with Crippen molar-refractivity contribution in [1.82, 2.24) is 20.3 Å². The molecule has 12 heteroatoms. The third-order valence-electron chi connectivity index (χ3n) is 4.92. The number of aliphatic hydroxyl groups is 1. The highest BCUT2D eigenvalue weighted by Gasteiger charge is 2.20. The van der Waals surface area contributed by atoms with E-state index in [1.165, 1.54) is 36.4 Å². The molecule has 0 bridgehead atoms. The van der Waals surface area contributed by atoms with Crippen LogP contribution in [0.4, 0.5) is 0 Å². The molecule has 188 valence electrons. The van der Waals surface area contributed by atoms with Gasteiger partial charge in [0.1, 0.15) is 5.69 Å². The van der Waals surface area contributed by atoms with Crippen LogP contribution in [0.25, 0.3) is 0 Å². The van der Waals surface area contributed by atoms with E-state index in [-0.39, 0.29) is 40.8 Å². The number of aromatic nitrogens is 1. The van der Waals surface area contributed by atoms with Crippen LogP contribution in [0.3, 0.4) is 0 Å².